The smallest absolute Gasteiger partial charge is 0.221 e. The molecule has 5 nitrogen and oxygen atoms in total. The lowest BCUT2D eigenvalue weighted by atomic mass is 9.90. The molecule has 2 N–H and O–H groups in total. The summed E-state index contributed by atoms with van der Waals surface area (Å²) in [5, 5.41) is 10.5. The van der Waals surface area contributed by atoms with Crippen LogP contribution in [0.4, 0.5) is 0 Å². The molecule has 5 heteroatoms. The third-order valence-corrected chi connectivity index (χ3v) is 3.54. The molecule has 1 aliphatic rings. The zero-order valence-electron chi connectivity index (χ0n) is 10.9. The van der Waals surface area contributed by atoms with E-state index < -0.39 is 0 Å². The number of aromatic nitrogens is 2. The first-order chi connectivity index (χ1) is 8.81. The molecule has 1 aliphatic carbocycles. The Bertz CT molecular complexity index is 363. The van der Waals surface area contributed by atoms with Gasteiger partial charge in [0.1, 0.15) is 0 Å². The van der Waals surface area contributed by atoms with Crippen LogP contribution in [-0.4, -0.2) is 35.3 Å². The molecule has 0 aliphatic heterocycles. The average molecular weight is 250 g/mol. The van der Waals surface area contributed by atoms with Crippen molar-refractivity contribution in [2.75, 3.05) is 13.6 Å². The van der Waals surface area contributed by atoms with Crippen molar-refractivity contribution in [3.8, 4) is 0 Å². The van der Waals surface area contributed by atoms with E-state index in [0.717, 1.165) is 19.4 Å². The average Bonchev–Trinajstić information content (AvgIpc) is 2.91. The number of carbonyl (C=O) groups excluding carboxylic acids is 1. The Morgan fingerprint density at radius 2 is 2.28 bits per heavy atom. The predicted octanol–water partition coefficient (Wildman–Crippen LogP) is 1.09. The second kappa shape index (κ2) is 6.54. The third kappa shape index (κ3) is 3.32. The third-order valence-electron chi connectivity index (χ3n) is 3.54. The maximum absolute atomic E-state index is 11.8. The van der Waals surface area contributed by atoms with E-state index in [2.05, 4.69) is 15.7 Å². The minimum atomic E-state index is 0.133. The Morgan fingerprint density at radius 3 is 3.00 bits per heavy atom. The van der Waals surface area contributed by atoms with Crippen LogP contribution in [0.3, 0.4) is 0 Å². The van der Waals surface area contributed by atoms with Crippen LogP contribution in [0, 0.1) is 0 Å². The summed E-state index contributed by atoms with van der Waals surface area (Å²) in [6.07, 6.45) is 8.88. The molecule has 1 heterocycles. The van der Waals surface area contributed by atoms with Gasteiger partial charge in [0.15, 0.2) is 0 Å². The topological polar surface area (TPSA) is 59.0 Å². The predicted molar refractivity (Wildman–Crippen MR) is 70.2 cm³/mol. The number of amides is 1. The highest BCUT2D eigenvalue weighted by Gasteiger charge is 2.27. The van der Waals surface area contributed by atoms with Crippen LogP contribution in [0.25, 0.3) is 0 Å². The molecule has 18 heavy (non-hydrogen) atoms. The van der Waals surface area contributed by atoms with Crippen molar-refractivity contribution in [2.45, 2.75) is 44.2 Å². The summed E-state index contributed by atoms with van der Waals surface area (Å²) in [4.78, 5) is 11.8. The molecule has 0 saturated heterocycles. The van der Waals surface area contributed by atoms with Gasteiger partial charge in [0.2, 0.25) is 5.91 Å². The fourth-order valence-electron chi connectivity index (χ4n) is 2.59. The SMILES string of the molecule is CNCCC(=O)NC1CCCCC1n1cccn1. The van der Waals surface area contributed by atoms with Gasteiger partial charge in [-0.3, -0.25) is 9.48 Å². The second-order valence-corrected chi connectivity index (χ2v) is 4.87. The van der Waals surface area contributed by atoms with E-state index in [4.69, 9.17) is 0 Å². The number of hydrogen-bond acceptors (Lipinski definition) is 3. The summed E-state index contributed by atoms with van der Waals surface area (Å²) < 4.78 is 1.99. The fourth-order valence-corrected chi connectivity index (χ4v) is 2.59. The lowest BCUT2D eigenvalue weighted by molar-refractivity contribution is -0.122. The largest absolute Gasteiger partial charge is 0.351 e. The minimum absolute atomic E-state index is 0.133. The Balaban J connectivity index is 1.94. The van der Waals surface area contributed by atoms with E-state index in [-0.39, 0.29) is 11.9 Å². The molecule has 2 rings (SSSR count). The second-order valence-electron chi connectivity index (χ2n) is 4.87. The standard InChI is InChI=1S/C13H22N4O/c1-14-9-7-13(18)16-11-5-2-3-6-12(11)17-10-4-8-15-17/h4,8,10-12,14H,2-3,5-7,9H2,1H3,(H,16,18). The van der Waals surface area contributed by atoms with Crippen LogP contribution in [0.2, 0.25) is 0 Å². The first-order valence-electron chi connectivity index (χ1n) is 6.74. The van der Waals surface area contributed by atoms with Crippen molar-refractivity contribution in [1.29, 1.82) is 0 Å². The van der Waals surface area contributed by atoms with Gasteiger partial charge in [-0.25, -0.2) is 0 Å². The van der Waals surface area contributed by atoms with Crippen molar-refractivity contribution in [2.24, 2.45) is 0 Å². The maximum Gasteiger partial charge on any atom is 0.221 e. The Hall–Kier alpha value is -1.36. The summed E-state index contributed by atoms with van der Waals surface area (Å²) in [6.45, 7) is 0.727. The molecule has 2 unspecified atom stereocenters. The van der Waals surface area contributed by atoms with Gasteiger partial charge >= 0.3 is 0 Å². The van der Waals surface area contributed by atoms with Crippen LogP contribution < -0.4 is 10.6 Å². The van der Waals surface area contributed by atoms with E-state index in [1.807, 2.05) is 24.0 Å². The minimum Gasteiger partial charge on any atom is -0.351 e. The Kier molecular flexibility index (Phi) is 4.75. The van der Waals surface area contributed by atoms with Crippen LogP contribution in [0.5, 0.6) is 0 Å². The fraction of sp³-hybridized carbons (Fsp3) is 0.692. The summed E-state index contributed by atoms with van der Waals surface area (Å²) >= 11 is 0. The van der Waals surface area contributed by atoms with Gasteiger partial charge in [-0.1, -0.05) is 12.8 Å². The number of nitrogens with one attached hydrogen (secondary N) is 2. The molecule has 0 radical (unpaired) electrons. The molecule has 2 atom stereocenters. The Labute approximate surface area is 108 Å². The summed E-state index contributed by atoms with van der Waals surface area (Å²) in [5.74, 6) is 0.133. The van der Waals surface area contributed by atoms with Crippen molar-refractivity contribution in [3.63, 3.8) is 0 Å². The number of rotatable bonds is 5. The molecule has 100 valence electrons. The number of carbonyl (C=O) groups is 1. The molecule has 1 saturated carbocycles. The van der Waals surface area contributed by atoms with Crippen LogP contribution in [0.1, 0.15) is 38.1 Å². The maximum atomic E-state index is 11.8. The molecular formula is C13H22N4O. The van der Waals surface area contributed by atoms with E-state index in [9.17, 15) is 4.79 Å². The van der Waals surface area contributed by atoms with Crippen LogP contribution in [0.15, 0.2) is 18.5 Å². The lowest BCUT2D eigenvalue weighted by Crippen LogP contribution is -2.43. The number of hydrogen-bond donors (Lipinski definition) is 2. The van der Waals surface area contributed by atoms with Gasteiger partial charge in [0.25, 0.3) is 0 Å². The molecule has 0 spiro atoms. The van der Waals surface area contributed by atoms with E-state index >= 15 is 0 Å². The molecule has 1 aromatic heterocycles. The zero-order valence-corrected chi connectivity index (χ0v) is 10.9. The van der Waals surface area contributed by atoms with E-state index in [1.165, 1.54) is 12.8 Å². The van der Waals surface area contributed by atoms with E-state index in [1.54, 1.807) is 6.20 Å². The highest BCUT2D eigenvalue weighted by Crippen LogP contribution is 2.28. The van der Waals surface area contributed by atoms with Crippen molar-refractivity contribution in [1.82, 2.24) is 20.4 Å². The zero-order chi connectivity index (χ0) is 12.8. The van der Waals surface area contributed by atoms with Crippen molar-refractivity contribution in [3.05, 3.63) is 18.5 Å². The molecule has 1 fully saturated rings. The van der Waals surface area contributed by atoms with Gasteiger partial charge < -0.3 is 10.6 Å². The molecule has 0 aromatic carbocycles. The van der Waals surface area contributed by atoms with Crippen molar-refractivity contribution >= 4 is 5.91 Å². The summed E-state index contributed by atoms with van der Waals surface area (Å²) in [6, 6.07) is 2.48. The van der Waals surface area contributed by atoms with Crippen molar-refractivity contribution < 1.29 is 4.79 Å². The highest BCUT2D eigenvalue weighted by atomic mass is 16.1. The van der Waals surface area contributed by atoms with Gasteiger partial charge in [0, 0.05) is 25.4 Å². The number of nitrogens with zero attached hydrogens (tertiary/aromatic N) is 2. The van der Waals surface area contributed by atoms with Gasteiger partial charge in [-0.2, -0.15) is 5.10 Å². The molecule has 0 bridgehead atoms. The van der Waals surface area contributed by atoms with Gasteiger partial charge in [-0.15, -0.1) is 0 Å². The van der Waals surface area contributed by atoms with Gasteiger partial charge in [-0.05, 0) is 26.0 Å². The monoisotopic (exact) mass is 250 g/mol. The van der Waals surface area contributed by atoms with Crippen LogP contribution in [-0.2, 0) is 4.79 Å². The normalized spacial score (nSPS) is 23.8. The molecular weight excluding hydrogens is 228 g/mol. The Morgan fingerprint density at radius 1 is 1.44 bits per heavy atom. The van der Waals surface area contributed by atoms with Crippen LogP contribution >= 0.6 is 0 Å². The molecule has 1 amide bonds. The highest BCUT2D eigenvalue weighted by molar-refractivity contribution is 5.76. The van der Waals surface area contributed by atoms with Gasteiger partial charge in [0.05, 0.1) is 12.1 Å². The molecule has 1 aromatic rings. The summed E-state index contributed by atoms with van der Waals surface area (Å²) in [7, 11) is 1.86. The lowest BCUT2D eigenvalue weighted by Gasteiger charge is -2.32. The first kappa shape index (κ1) is 13.1. The first-order valence-corrected chi connectivity index (χ1v) is 6.74. The summed E-state index contributed by atoms with van der Waals surface area (Å²) in [5.41, 5.74) is 0. The van der Waals surface area contributed by atoms with E-state index in [0.29, 0.717) is 12.5 Å². The quantitative estimate of drug-likeness (QED) is 0.822.